The Morgan fingerprint density at radius 3 is 2.62 bits per heavy atom. The van der Waals surface area contributed by atoms with E-state index in [2.05, 4.69) is 15.5 Å². The van der Waals surface area contributed by atoms with Crippen LogP contribution in [0.2, 0.25) is 5.02 Å². The molecule has 0 saturated carbocycles. The number of H-pyrrole nitrogens is 1. The minimum atomic E-state index is -4.68. The number of benzene rings is 2. The molecule has 0 saturated heterocycles. The van der Waals surface area contributed by atoms with E-state index < -0.39 is 27.6 Å². The number of carbonyl (C=O) groups is 1. The number of alkyl halides is 3. The van der Waals surface area contributed by atoms with Crippen molar-refractivity contribution in [3.63, 3.8) is 0 Å². The summed E-state index contributed by atoms with van der Waals surface area (Å²) in [6, 6.07) is 6.66. The number of nitrogens with one attached hydrogen (secondary N) is 2. The Kier molecular flexibility index (Phi) is 4.28. The van der Waals surface area contributed by atoms with Gasteiger partial charge in [0.15, 0.2) is 5.69 Å². The molecule has 0 atom stereocenters. The van der Waals surface area contributed by atoms with Crippen LogP contribution in [0.5, 0.6) is 0 Å². The van der Waals surface area contributed by atoms with E-state index in [4.69, 9.17) is 11.6 Å². The van der Waals surface area contributed by atoms with Crippen LogP contribution in [0.15, 0.2) is 36.4 Å². The Hall–Kier alpha value is -3.14. The number of fused-ring (bicyclic) bond motifs is 1. The van der Waals surface area contributed by atoms with Crippen LogP contribution >= 0.6 is 11.6 Å². The maximum atomic E-state index is 12.9. The van der Waals surface area contributed by atoms with Crippen molar-refractivity contribution >= 4 is 39.8 Å². The zero-order chi connectivity index (χ0) is 19.1. The monoisotopic (exact) mass is 384 g/mol. The second-order valence-corrected chi connectivity index (χ2v) is 5.61. The fraction of sp³-hybridized carbons (Fsp3) is 0.0667. The van der Waals surface area contributed by atoms with E-state index in [1.807, 2.05) is 0 Å². The summed E-state index contributed by atoms with van der Waals surface area (Å²) in [6.45, 7) is 0. The number of carbonyl (C=O) groups excluding carboxylic acids is 1. The lowest BCUT2D eigenvalue weighted by atomic mass is 10.1. The molecule has 1 amide bonds. The van der Waals surface area contributed by atoms with Crippen LogP contribution in [0.3, 0.4) is 0 Å². The first-order valence-corrected chi connectivity index (χ1v) is 7.35. The Morgan fingerprint density at radius 1 is 1.23 bits per heavy atom. The van der Waals surface area contributed by atoms with Gasteiger partial charge in [-0.2, -0.15) is 18.3 Å². The molecule has 3 rings (SSSR count). The van der Waals surface area contributed by atoms with Gasteiger partial charge in [0.1, 0.15) is 0 Å². The third kappa shape index (κ3) is 3.31. The average molecular weight is 385 g/mol. The van der Waals surface area contributed by atoms with E-state index in [0.717, 1.165) is 12.1 Å². The van der Waals surface area contributed by atoms with E-state index in [1.54, 1.807) is 0 Å². The van der Waals surface area contributed by atoms with Gasteiger partial charge in [0.2, 0.25) is 0 Å². The van der Waals surface area contributed by atoms with Gasteiger partial charge in [-0.15, -0.1) is 0 Å². The lowest BCUT2D eigenvalue weighted by Gasteiger charge is -2.11. The number of anilines is 1. The SMILES string of the molecule is O=C(Nc1ccc(Cl)c(C(F)(F)F)c1)c1n[nH]c2ccc([N+](=O)[O-])cc12. The van der Waals surface area contributed by atoms with E-state index >= 15 is 0 Å². The standard InChI is InChI=1S/C15H8ClF3N4O3/c16-11-3-1-7(5-10(11)15(17,18)19)20-14(24)13-9-6-8(23(25)26)2-4-12(9)21-22-13/h1-6H,(H,20,24)(H,21,22). The van der Waals surface area contributed by atoms with Crippen molar-refractivity contribution in [2.75, 3.05) is 5.32 Å². The first kappa shape index (κ1) is 17.7. The summed E-state index contributed by atoms with van der Waals surface area (Å²) in [5, 5.41) is 19.1. The maximum absolute atomic E-state index is 12.9. The third-order valence-electron chi connectivity index (χ3n) is 3.50. The van der Waals surface area contributed by atoms with Gasteiger partial charge in [0, 0.05) is 23.2 Å². The third-order valence-corrected chi connectivity index (χ3v) is 3.83. The highest BCUT2D eigenvalue weighted by Gasteiger charge is 2.33. The molecule has 0 bridgehead atoms. The number of hydrogen-bond donors (Lipinski definition) is 2. The van der Waals surface area contributed by atoms with Gasteiger partial charge < -0.3 is 5.32 Å². The van der Waals surface area contributed by atoms with E-state index in [9.17, 15) is 28.1 Å². The van der Waals surface area contributed by atoms with Crippen LogP contribution in [0.25, 0.3) is 10.9 Å². The predicted molar refractivity (Wildman–Crippen MR) is 87.2 cm³/mol. The number of non-ortho nitro benzene ring substituents is 1. The van der Waals surface area contributed by atoms with Crippen molar-refractivity contribution in [3.05, 3.63) is 62.8 Å². The molecule has 0 aliphatic rings. The fourth-order valence-electron chi connectivity index (χ4n) is 2.30. The molecule has 1 aromatic heterocycles. The van der Waals surface area contributed by atoms with Crippen molar-refractivity contribution in [2.24, 2.45) is 0 Å². The number of aromatic amines is 1. The minimum Gasteiger partial charge on any atom is -0.321 e. The molecule has 7 nitrogen and oxygen atoms in total. The van der Waals surface area contributed by atoms with Crippen molar-refractivity contribution in [3.8, 4) is 0 Å². The smallest absolute Gasteiger partial charge is 0.321 e. The summed E-state index contributed by atoms with van der Waals surface area (Å²) < 4.78 is 38.7. The molecule has 2 aromatic carbocycles. The number of halogens is 4. The number of rotatable bonds is 3. The highest BCUT2D eigenvalue weighted by molar-refractivity contribution is 6.31. The van der Waals surface area contributed by atoms with Crippen molar-refractivity contribution in [1.82, 2.24) is 10.2 Å². The van der Waals surface area contributed by atoms with Crippen LogP contribution < -0.4 is 5.32 Å². The number of hydrogen-bond acceptors (Lipinski definition) is 4. The molecule has 11 heteroatoms. The molecule has 134 valence electrons. The first-order valence-electron chi connectivity index (χ1n) is 6.97. The highest BCUT2D eigenvalue weighted by atomic mass is 35.5. The van der Waals surface area contributed by atoms with E-state index in [0.29, 0.717) is 11.6 Å². The van der Waals surface area contributed by atoms with Crippen LogP contribution in [0.1, 0.15) is 16.1 Å². The Balaban J connectivity index is 1.95. The number of aromatic nitrogens is 2. The van der Waals surface area contributed by atoms with Crippen molar-refractivity contribution in [2.45, 2.75) is 6.18 Å². The molecule has 3 aromatic rings. The molecule has 0 radical (unpaired) electrons. The molecule has 0 aliphatic carbocycles. The lowest BCUT2D eigenvalue weighted by Crippen LogP contribution is -2.14. The summed E-state index contributed by atoms with van der Waals surface area (Å²) in [7, 11) is 0. The number of nitro groups is 1. The Labute approximate surface area is 147 Å². The molecule has 0 unspecified atom stereocenters. The van der Waals surface area contributed by atoms with Crippen molar-refractivity contribution < 1.29 is 22.9 Å². The van der Waals surface area contributed by atoms with E-state index in [-0.39, 0.29) is 22.5 Å². The molecule has 0 fully saturated rings. The fourth-order valence-corrected chi connectivity index (χ4v) is 2.52. The minimum absolute atomic E-state index is 0.145. The molecular formula is C15H8ClF3N4O3. The number of nitrogens with zero attached hydrogens (tertiary/aromatic N) is 2. The second-order valence-electron chi connectivity index (χ2n) is 5.21. The molecule has 1 heterocycles. The molecular weight excluding hydrogens is 377 g/mol. The van der Waals surface area contributed by atoms with Gasteiger partial charge >= 0.3 is 6.18 Å². The summed E-state index contributed by atoms with van der Waals surface area (Å²) in [5.41, 5.74) is -1.31. The largest absolute Gasteiger partial charge is 0.417 e. The van der Waals surface area contributed by atoms with Crippen LogP contribution in [-0.2, 0) is 6.18 Å². The Bertz CT molecular complexity index is 1030. The van der Waals surface area contributed by atoms with Gasteiger partial charge in [-0.3, -0.25) is 20.0 Å². The number of nitro benzene ring substituents is 1. The quantitative estimate of drug-likeness (QED) is 0.516. The van der Waals surface area contributed by atoms with Gasteiger partial charge in [-0.05, 0) is 24.3 Å². The molecule has 2 N–H and O–H groups in total. The van der Waals surface area contributed by atoms with Crippen LogP contribution in [0.4, 0.5) is 24.5 Å². The van der Waals surface area contributed by atoms with Gasteiger partial charge in [0.25, 0.3) is 11.6 Å². The average Bonchev–Trinajstić information content (AvgIpc) is 2.98. The zero-order valence-corrected chi connectivity index (χ0v) is 13.4. The first-order chi connectivity index (χ1) is 12.2. The summed E-state index contributed by atoms with van der Waals surface area (Å²) in [4.78, 5) is 22.6. The van der Waals surface area contributed by atoms with Gasteiger partial charge in [0.05, 0.1) is 21.0 Å². The second kappa shape index (κ2) is 6.30. The predicted octanol–water partition coefficient (Wildman–Crippen LogP) is 4.40. The summed E-state index contributed by atoms with van der Waals surface area (Å²) >= 11 is 5.53. The van der Waals surface area contributed by atoms with Gasteiger partial charge in [-0.25, -0.2) is 0 Å². The highest BCUT2D eigenvalue weighted by Crippen LogP contribution is 2.36. The van der Waals surface area contributed by atoms with Gasteiger partial charge in [-0.1, -0.05) is 11.6 Å². The molecule has 0 aliphatic heterocycles. The zero-order valence-electron chi connectivity index (χ0n) is 12.6. The topological polar surface area (TPSA) is 101 Å². The van der Waals surface area contributed by atoms with Crippen molar-refractivity contribution in [1.29, 1.82) is 0 Å². The van der Waals surface area contributed by atoms with Crippen LogP contribution in [-0.4, -0.2) is 21.0 Å². The summed E-state index contributed by atoms with van der Waals surface area (Å²) in [6.07, 6.45) is -4.68. The lowest BCUT2D eigenvalue weighted by molar-refractivity contribution is -0.384. The maximum Gasteiger partial charge on any atom is 0.417 e. The Morgan fingerprint density at radius 2 is 1.96 bits per heavy atom. The van der Waals surface area contributed by atoms with Crippen LogP contribution in [0, 0.1) is 10.1 Å². The molecule has 0 spiro atoms. The number of amides is 1. The van der Waals surface area contributed by atoms with E-state index in [1.165, 1.54) is 18.2 Å². The summed E-state index contributed by atoms with van der Waals surface area (Å²) in [5.74, 6) is -0.827. The normalized spacial score (nSPS) is 11.5. The molecule has 26 heavy (non-hydrogen) atoms.